The van der Waals surface area contributed by atoms with E-state index in [4.69, 9.17) is 26.3 Å². The fourth-order valence-corrected chi connectivity index (χ4v) is 5.71. The zero-order chi connectivity index (χ0) is 25.2. The molecule has 0 bridgehead atoms. The second-order valence-electron chi connectivity index (χ2n) is 9.12. The van der Waals surface area contributed by atoms with Crippen LogP contribution in [0.25, 0.3) is 10.8 Å². The molecule has 7 nitrogen and oxygen atoms in total. The number of ether oxygens (including phenoxy) is 1. The molecule has 9 heteroatoms. The van der Waals surface area contributed by atoms with Crippen molar-refractivity contribution in [2.24, 2.45) is 0 Å². The highest BCUT2D eigenvalue weighted by atomic mass is 35.5. The average molecular weight is 524 g/mol. The van der Waals surface area contributed by atoms with Crippen molar-refractivity contribution in [3.05, 3.63) is 64.2 Å². The Morgan fingerprint density at radius 3 is 2.81 bits per heavy atom. The lowest BCUT2D eigenvalue weighted by atomic mass is 10.0. The topological polar surface area (TPSA) is 61.8 Å². The first-order valence-corrected chi connectivity index (χ1v) is 13.7. The summed E-state index contributed by atoms with van der Waals surface area (Å²) >= 11 is 8.15. The summed E-state index contributed by atoms with van der Waals surface area (Å²) in [6, 6.07) is 12.9. The number of carbonyl (C=O) groups is 1. The van der Waals surface area contributed by atoms with Gasteiger partial charge in [0, 0.05) is 55.4 Å². The molecule has 5 rings (SSSR count). The van der Waals surface area contributed by atoms with E-state index in [1.807, 2.05) is 28.7 Å². The van der Waals surface area contributed by atoms with Crippen molar-refractivity contribution >= 4 is 51.5 Å². The van der Waals surface area contributed by atoms with Gasteiger partial charge in [0.1, 0.15) is 5.82 Å². The number of benzene rings is 2. The number of anilines is 2. The average Bonchev–Trinajstić information content (AvgIpc) is 3.41. The third kappa shape index (κ3) is 4.72. The van der Waals surface area contributed by atoms with Crippen molar-refractivity contribution in [3.8, 4) is 6.01 Å². The van der Waals surface area contributed by atoms with E-state index >= 15 is 0 Å². The summed E-state index contributed by atoms with van der Waals surface area (Å²) in [5, 5.41) is 4.77. The van der Waals surface area contributed by atoms with Crippen molar-refractivity contribution in [1.29, 1.82) is 0 Å². The Balaban J connectivity index is 1.43. The van der Waals surface area contributed by atoms with Crippen LogP contribution in [-0.4, -0.2) is 66.9 Å². The van der Waals surface area contributed by atoms with E-state index in [0.717, 1.165) is 64.5 Å². The Hall–Kier alpha value is -2.97. The number of aromatic nitrogens is 2. The molecule has 1 saturated heterocycles. The first-order chi connectivity index (χ1) is 17.5. The lowest BCUT2D eigenvalue weighted by Gasteiger charge is -2.34. The second kappa shape index (κ2) is 10.6. The van der Waals surface area contributed by atoms with Gasteiger partial charge in [0.25, 0.3) is 0 Å². The zero-order valence-corrected chi connectivity index (χ0v) is 22.3. The lowest BCUT2D eigenvalue weighted by Crippen LogP contribution is -2.39. The van der Waals surface area contributed by atoms with Gasteiger partial charge in [-0.1, -0.05) is 35.9 Å². The van der Waals surface area contributed by atoms with Crippen molar-refractivity contribution in [2.45, 2.75) is 25.4 Å². The molecule has 0 radical (unpaired) electrons. The van der Waals surface area contributed by atoms with E-state index in [9.17, 15) is 4.79 Å². The number of hydrogen-bond acceptors (Lipinski definition) is 7. The molecule has 188 valence electrons. The number of rotatable bonds is 6. The minimum atomic E-state index is 0.0620. The predicted molar refractivity (Wildman–Crippen MR) is 148 cm³/mol. The zero-order valence-electron chi connectivity index (χ0n) is 20.8. The molecule has 2 aromatic carbocycles. The number of halogens is 1. The molecule has 0 saturated carbocycles. The molecule has 1 amide bonds. The number of hydrogen-bond donors (Lipinski definition) is 0. The second-order valence-corrected chi connectivity index (χ2v) is 10.3. The molecular weight excluding hydrogens is 494 g/mol. The first-order valence-electron chi connectivity index (χ1n) is 12.1. The third-order valence-electron chi connectivity index (χ3n) is 7.08. The van der Waals surface area contributed by atoms with E-state index in [1.165, 1.54) is 11.8 Å². The van der Waals surface area contributed by atoms with Crippen LogP contribution in [0.1, 0.15) is 17.7 Å². The molecule has 3 heterocycles. The van der Waals surface area contributed by atoms with Crippen LogP contribution in [0.4, 0.5) is 11.5 Å². The molecule has 0 unspecified atom stereocenters. The fourth-order valence-electron chi connectivity index (χ4n) is 5.18. The molecule has 1 aromatic heterocycles. The summed E-state index contributed by atoms with van der Waals surface area (Å²) in [6.45, 7) is 2.90. The largest absolute Gasteiger partial charge is 0.467 e. The molecule has 0 aliphatic carbocycles. The normalized spacial score (nSPS) is 17.6. The van der Waals surface area contributed by atoms with Crippen molar-refractivity contribution < 1.29 is 9.53 Å². The molecule has 3 aromatic rings. The number of carbonyl (C=O) groups excluding carboxylic acids is 1. The molecule has 0 N–H and O–H groups in total. The Morgan fingerprint density at radius 1 is 1.22 bits per heavy atom. The Kier molecular flexibility index (Phi) is 7.25. The van der Waals surface area contributed by atoms with E-state index < -0.39 is 0 Å². The lowest BCUT2D eigenvalue weighted by molar-refractivity contribution is -0.125. The molecule has 1 atom stereocenters. The third-order valence-corrected chi connectivity index (χ3v) is 7.80. The van der Waals surface area contributed by atoms with Gasteiger partial charge in [-0.25, -0.2) is 0 Å². The van der Waals surface area contributed by atoms with Gasteiger partial charge in [0.2, 0.25) is 5.91 Å². The van der Waals surface area contributed by atoms with Crippen molar-refractivity contribution in [1.82, 2.24) is 14.9 Å². The van der Waals surface area contributed by atoms with Crippen LogP contribution in [-0.2, 0) is 17.8 Å². The number of fused-ring (bicyclic) bond motifs is 2. The maximum absolute atomic E-state index is 12.5. The summed E-state index contributed by atoms with van der Waals surface area (Å²) in [4.78, 5) is 28.4. The predicted octanol–water partition coefficient (Wildman–Crippen LogP) is 4.77. The Morgan fingerprint density at radius 2 is 2.03 bits per heavy atom. The fraction of sp³-hybridized carbons (Fsp3) is 0.370. The monoisotopic (exact) mass is 523 g/mol. The number of methoxy groups -OCH3 is 1. The van der Waals surface area contributed by atoms with Crippen LogP contribution in [0, 0.1) is 0 Å². The highest BCUT2D eigenvalue weighted by molar-refractivity contribution is 8.01. The van der Waals surface area contributed by atoms with Gasteiger partial charge in [-0.15, -0.1) is 11.8 Å². The van der Waals surface area contributed by atoms with Gasteiger partial charge in [0.15, 0.2) is 0 Å². The SMILES string of the molecule is COc1nc2c(c(N(C)[C@H]3CCN(C(=O)/C=C/SC)C3)n1)CCN(c1cccc3cccc(Cl)c13)C2. The van der Waals surface area contributed by atoms with Gasteiger partial charge >= 0.3 is 6.01 Å². The molecule has 36 heavy (non-hydrogen) atoms. The van der Waals surface area contributed by atoms with Crippen LogP contribution in [0.3, 0.4) is 0 Å². The summed E-state index contributed by atoms with van der Waals surface area (Å²) in [5.41, 5.74) is 3.22. The van der Waals surface area contributed by atoms with Gasteiger partial charge in [-0.3, -0.25) is 4.79 Å². The number of likely N-dealkylation sites (N-methyl/N-ethyl adjacent to an activating group) is 1. The van der Waals surface area contributed by atoms with Crippen LogP contribution in [0.5, 0.6) is 6.01 Å². The minimum absolute atomic E-state index is 0.0620. The summed E-state index contributed by atoms with van der Waals surface area (Å²) < 4.78 is 5.50. The quantitative estimate of drug-likeness (QED) is 0.431. The number of thioether (sulfide) groups is 1. The molecule has 2 aliphatic heterocycles. The first kappa shape index (κ1) is 24.7. The number of amides is 1. The minimum Gasteiger partial charge on any atom is -0.467 e. The molecule has 0 spiro atoms. The molecule has 2 aliphatic rings. The molecule has 1 fully saturated rings. The smallest absolute Gasteiger partial charge is 0.318 e. The van der Waals surface area contributed by atoms with Crippen LogP contribution < -0.4 is 14.5 Å². The maximum atomic E-state index is 12.5. The molecular formula is C27H30ClN5O2S. The van der Waals surface area contributed by atoms with Gasteiger partial charge in [-0.2, -0.15) is 9.97 Å². The van der Waals surface area contributed by atoms with E-state index in [-0.39, 0.29) is 11.9 Å². The van der Waals surface area contributed by atoms with Crippen LogP contribution >= 0.6 is 23.4 Å². The van der Waals surface area contributed by atoms with Crippen LogP contribution in [0.2, 0.25) is 5.02 Å². The van der Waals surface area contributed by atoms with Gasteiger partial charge in [0.05, 0.1) is 24.4 Å². The summed E-state index contributed by atoms with van der Waals surface area (Å²) in [6.07, 6.45) is 5.31. The summed E-state index contributed by atoms with van der Waals surface area (Å²) in [5.74, 6) is 0.957. The van der Waals surface area contributed by atoms with Crippen molar-refractivity contribution in [2.75, 3.05) is 49.8 Å². The number of likely N-dealkylation sites (tertiary alicyclic amines) is 1. The van der Waals surface area contributed by atoms with E-state index in [0.29, 0.717) is 19.1 Å². The van der Waals surface area contributed by atoms with E-state index in [1.54, 1.807) is 13.2 Å². The number of nitrogens with zero attached hydrogens (tertiary/aromatic N) is 5. The Bertz CT molecular complexity index is 1310. The van der Waals surface area contributed by atoms with Crippen LogP contribution in [0.15, 0.2) is 47.9 Å². The maximum Gasteiger partial charge on any atom is 0.318 e. The standard InChI is InChI=1S/C27H30ClN5O2S/c1-31(19-10-13-33(16-19)24(34)12-15-36-3)26-20-11-14-32(17-22(20)29-27(30-26)35-2)23-9-5-7-18-6-4-8-21(28)25(18)23/h4-9,12,15,19H,10-11,13-14,16-17H2,1-3H3/b15-12+/t19-/m0/s1. The summed E-state index contributed by atoms with van der Waals surface area (Å²) in [7, 11) is 3.67. The van der Waals surface area contributed by atoms with E-state index in [2.05, 4.69) is 41.1 Å². The highest BCUT2D eigenvalue weighted by Crippen LogP contribution is 2.37. The Labute approximate surface area is 221 Å². The van der Waals surface area contributed by atoms with Gasteiger partial charge < -0.3 is 19.4 Å². The van der Waals surface area contributed by atoms with Crippen molar-refractivity contribution in [3.63, 3.8) is 0 Å². The highest BCUT2D eigenvalue weighted by Gasteiger charge is 2.32. The van der Waals surface area contributed by atoms with Gasteiger partial charge in [-0.05, 0) is 42.0 Å².